The van der Waals surface area contributed by atoms with E-state index in [0.717, 1.165) is 0 Å². The molecule has 0 unspecified atom stereocenters. The van der Waals surface area contributed by atoms with Gasteiger partial charge in [0.1, 0.15) is 0 Å². The number of sulfonamides is 1. The lowest BCUT2D eigenvalue weighted by Crippen LogP contribution is -2.36. The maximum atomic E-state index is 13.2. The molecule has 27 heavy (non-hydrogen) atoms. The van der Waals surface area contributed by atoms with E-state index in [9.17, 15) is 18.5 Å². The van der Waals surface area contributed by atoms with Crippen molar-refractivity contribution >= 4 is 15.7 Å². The second-order valence-electron chi connectivity index (χ2n) is 6.18. The molecule has 0 bridgehead atoms. The predicted octanol–water partition coefficient (Wildman–Crippen LogP) is 2.22. The van der Waals surface area contributed by atoms with Crippen molar-refractivity contribution in [2.24, 2.45) is 0 Å². The minimum atomic E-state index is -4.11. The number of hydrogen-bond acceptors (Lipinski definition) is 6. The molecular formula is C18H20N4O4S. The van der Waals surface area contributed by atoms with Crippen molar-refractivity contribution in [1.29, 1.82) is 5.26 Å². The van der Waals surface area contributed by atoms with Crippen LogP contribution in [0.4, 0.5) is 5.69 Å². The zero-order valence-electron chi connectivity index (χ0n) is 15.1. The van der Waals surface area contributed by atoms with Gasteiger partial charge in [0.15, 0.2) is 4.90 Å². The summed E-state index contributed by atoms with van der Waals surface area (Å²) in [6.07, 6.45) is 0. The lowest BCUT2D eigenvalue weighted by atomic mass is 10.1. The number of para-hydroxylation sites is 1. The highest BCUT2D eigenvalue weighted by Crippen LogP contribution is 2.27. The normalized spacial score (nSPS) is 11.5. The summed E-state index contributed by atoms with van der Waals surface area (Å²) in [4.78, 5) is 12.1. The molecule has 0 aliphatic carbocycles. The Bertz CT molecular complexity index is 967. The van der Waals surface area contributed by atoms with Gasteiger partial charge in [-0.05, 0) is 37.9 Å². The Morgan fingerprint density at radius 1 is 1.11 bits per heavy atom. The predicted molar refractivity (Wildman–Crippen MR) is 100 cm³/mol. The molecule has 2 aromatic rings. The monoisotopic (exact) mass is 388 g/mol. The quantitative estimate of drug-likeness (QED) is 0.507. The van der Waals surface area contributed by atoms with E-state index < -0.39 is 20.6 Å². The molecule has 0 saturated heterocycles. The van der Waals surface area contributed by atoms with Gasteiger partial charge in [0.2, 0.25) is 10.0 Å². The molecule has 0 radical (unpaired) electrons. The summed E-state index contributed by atoms with van der Waals surface area (Å²) in [5.41, 5.74) is 0.594. The molecule has 2 aromatic carbocycles. The van der Waals surface area contributed by atoms with E-state index in [2.05, 4.69) is 0 Å². The second-order valence-corrected chi connectivity index (χ2v) is 8.09. The Morgan fingerprint density at radius 2 is 1.81 bits per heavy atom. The van der Waals surface area contributed by atoms with Crippen molar-refractivity contribution in [1.82, 2.24) is 9.21 Å². The molecule has 0 spiro atoms. The summed E-state index contributed by atoms with van der Waals surface area (Å²) in [7, 11) is -0.485. The number of likely N-dealkylation sites (N-methyl/N-ethyl adjacent to an activating group) is 1. The fraction of sp³-hybridized carbons (Fsp3) is 0.278. The van der Waals surface area contributed by atoms with E-state index in [4.69, 9.17) is 5.26 Å². The Morgan fingerprint density at radius 3 is 2.44 bits per heavy atom. The molecule has 0 aliphatic rings. The van der Waals surface area contributed by atoms with Crippen LogP contribution >= 0.6 is 0 Å². The van der Waals surface area contributed by atoms with E-state index in [0.29, 0.717) is 17.7 Å². The van der Waals surface area contributed by atoms with Crippen LogP contribution in [0.1, 0.15) is 11.1 Å². The number of nitriles is 1. The first-order chi connectivity index (χ1) is 12.8. The van der Waals surface area contributed by atoms with E-state index >= 15 is 0 Å². The zero-order chi connectivity index (χ0) is 20.0. The standard InChI is InChI=1S/C18H20N4O4S/c1-20(2)10-11-21(14-16-7-5-6-15(12-16)13-19)27(25,26)18-9-4-3-8-17(18)22(23)24/h3-9,12H,10-11,14H2,1-2H3. The van der Waals surface area contributed by atoms with Crippen LogP contribution in [-0.4, -0.2) is 49.7 Å². The van der Waals surface area contributed by atoms with Gasteiger partial charge in [-0.25, -0.2) is 8.42 Å². The molecule has 0 aliphatic heterocycles. The number of benzene rings is 2. The number of nitrogens with zero attached hydrogens (tertiary/aromatic N) is 4. The fourth-order valence-electron chi connectivity index (χ4n) is 2.50. The van der Waals surface area contributed by atoms with Gasteiger partial charge < -0.3 is 4.90 Å². The summed E-state index contributed by atoms with van der Waals surface area (Å²) in [6, 6.07) is 14.0. The van der Waals surface area contributed by atoms with Crippen LogP contribution in [0.25, 0.3) is 0 Å². The van der Waals surface area contributed by atoms with Gasteiger partial charge in [-0.3, -0.25) is 10.1 Å². The summed E-state index contributed by atoms with van der Waals surface area (Å²) >= 11 is 0. The molecule has 0 heterocycles. The molecule has 8 nitrogen and oxygen atoms in total. The number of nitro benzene ring substituents is 1. The molecule has 0 aromatic heterocycles. The fourth-order valence-corrected chi connectivity index (χ4v) is 4.08. The van der Waals surface area contributed by atoms with Crippen molar-refractivity contribution in [3.63, 3.8) is 0 Å². The first kappa shape index (κ1) is 20.5. The van der Waals surface area contributed by atoms with Crippen molar-refractivity contribution in [3.05, 3.63) is 69.8 Å². The van der Waals surface area contributed by atoms with E-state index in [1.165, 1.54) is 28.6 Å². The van der Waals surface area contributed by atoms with Crippen molar-refractivity contribution in [3.8, 4) is 6.07 Å². The van der Waals surface area contributed by atoms with Gasteiger partial charge in [0.25, 0.3) is 5.69 Å². The van der Waals surface area contributed by atoms with Gasteiger partial charge in [0, 0.05) is 25.7 Å². The largest absolute Gasteiger partial charge is 0.308 e. The van der Waals surface area contributed by atoms with E-state index in [-0.39, 0.29) is 18.0 Å². The van der Waals surface area contributed by atoms with Crippen LogP contribution in [-0.2, 0) is 16.6 Å². The highest BCUT2D eigenvalue weighted by Gasteiger charge is 2.31. The average molecular weight is 388 g/mol. The number of nitro groups is 1. The minimum absolute atomic E-state index is 0.0116. The van der Waals surface area contributed by atoms with Crippen LogP contribution in [0.15, 0.2) is 53.4 Å². The highest BCUT2D eigenvalue weighted by molar-refractivity contribution is 7.89. The summed E-state index contributed by atoms with van der Waals surface area (Å²) in [6.45, 7) is 0.605. The zero-order valence-corrected chi connectivity index (χ0v) is 15.9. The Labute approximate surface area is 158 Å². The molecule has 142 valence electrons. The molecule has 9 heteroatoms. The van der Waals surface area contributed by atoms with Gasteiger partial charge in [-0.1, -0.05) is 24.3 Å². The first-order valence-corrected chi connectivity index (χ1v) is 9.57. The third kappa shape index (κ3) is 5.10. The summed E-state index contributed by atoms with van der Waals surface area (Å²) in [5.74, 6) is 0. The molecule has 0 saturated carbocycles. The Hall–Kier alpha value is -2.80. The topological polar surface area (TPSA) is 108 Å². The third-order valence-corrected chi connectivity index (χ3v) is 5.78. The smallest absolute Gasteiger partial charge is 0.289 e. The Kier molecular flexibility index (Phi) is 6.63. The van der Waals surface area contributed by atoms with Gasteiger partial charge >= 0.3 is 0 Å². The molecule has 0 amide bonds. The van der Waals surface area contributed by atoms with Crippen molar-refractivity contribution in [2.45, 2.75) is 11.4 Å². The lowest BCUT2D eigenvalue weighted by Gasteiger charge is -2.24. The van der Waals surface area contributed by atoms with Gasteiger partial charge in [-0.2, -0.15) is 9.57 Å². The molecule has 0 N–H and O–H groups in total. The van der Waals surface area contributed by atoms with Crippen LogP contribution in [0, 0.1) is 21.4 Å². The van der Waals surface area contributed by atoms with Crippen molar-refractivity contribution in [2.75, 3.05) is 27.2 Å². The van der Waals surface area contributed by atoms with Crippen LogP contribution in [0.3, 0.4) is 0 Å². The van der Waals surface area contributed by atoms with Crippen LogP contribution < -0.4 is 0 Å². The second kappa shape index (κ2) is 8.73. The molecule has 2 rings (SSSR count). The Balaban J connectivity index is 2.46. The highest BCUT2D eigenvalue weighted by atomic mass is 32.2. The number of rotatable bonds is 8. The maximum absolute atomic E-state index is 13.2. The minimum Gasteiger partial charge on any atom is -0.308 e. The van der Waals surface area contributed by atoms with Gasteiger partial charge in [0.05, 0.1) is 16.6 Å². The van der Waals surface area contributed by atoms with Gasteiger partial charge in [-0.15, -0.1) is 0 Å². The molecule has 0 fully saturated rings. The van der Waals surface area contributed by atoms with Crippen LogP contribution in [0.2, 0.25) is 0 Å². The molecular weight excluding hydrogens is 368 g/mol. The maximum Gasteiger partial charge on any atom is 0.289 e. The SMILES string of the molecule is CN(C)CCN(Cc1cccc(C#N)c1)S(=O)(=O)c1ccccc1[N+](=O)[O-]. The first-order valence-electron chi connectivity index (χ1n) is 8.13. The van der Waals surface area contributed by atoms with Crippen molar-refractivity contribution < 1.29 is 13.3 Å². The molecule has 0 atom stereocenters. The number of hydrogen-bond donors (Lipinski definition) is 0. The average Bonchev–Trinajstić information content (AvgIpc) is 2.64. The van der Waals surface area contributed by atoms with E-state index in [1.54, 1.807) is 24.3 Å². The van der Waals surface area contributed by atoms with Crippen LogP contribution in [0.5, 0.6) is 0 Å². The summed E-state index contributed by atoms with van der Waals surface area (Å²) < 4.78 is 27.5. The third-order valence-electron chi connectivity index (χ3n) is 3.89. The van der Waals surface area contributed by atoms with E-state index in [1.807, 2.05) is 25.1 Å². The lowest BCUT2D eigenvalue weighted by molar-refractivity contribution is -0.387. The summed E-state index contributed by atoms with van der Waals surface area (Å²) in [5, 5.41) is 20.3.